The molecule has 5 nitrogen and oxygen atoms in total. The molecule has 0 radical (unpaired) electrons. The molecule has 5 heteroatoms. The van der Waals surface area contributed by atoms with E-state index in [0.29, 0.717) is 19.3 Å². The molecule has 1 heterocycles. The topological polar surface area (TPSA) is 72.8 Å². The number of fused-ring (bicyclic) bond motifs is 1. The Morgan fingerprint density at radius 3 is 2.80 bits per heavy atom. The summed E-state index contributed by atoms with van der Waals surface area (Å²) in [6.45, 7) is 4.94. The van der Waals surface area contributed by atoms with E-state index in [1.807, 2.05) is 0 Å². The van der Waals surface area contributed by atoms with Crippen LogP contribution in [0, 0.1) is 29.1 Å². The van der Waals surface area contributed by atoms with Gasteiger partial charge < -0.3 is 14.6 Å². The molecule has 8 atom stereocenters. The van der Waals surface area contributed by atoms with E-state index in [2.05, 4.69) is 32.1 Å². The fourth-order valence-electron chi connectivity index (χ4n) is 5.05. The van der Waals surface area contributed by atoms with Crippen LogP contribution in [0.1, 0.15) is 77.2 Å². The SMILES string of the molecule is [2H]C([2H])([2H])C(C)(CC)C(=O)OC1CC(C)C=C2C=CC(C)C(CCC3CC(O)CC(=O)O3)C21. The van der Waals surface area contributed by atoms with Gasteiger partial charge in [-0.2, -0.15) is 0 Å². The summed E-state index contributed by atoms with van der Waals surface area (Å²) in [4.78, 5) is 24.9. The Bertz CT molecular complexity index is 804. The fraction of sp³-hybridized carbons (Fsp3) is 0.760. The quantitative estimate of drug-likeness (QED) is 0.635. The third-order valence-corrected chi connectivity index (χ3v) is 7.07. The number of carbonyl (C=O) groups excluding carboxylic acids is 2. The van der Waals surface area contributed by atoms with Gasteiger partial charge in [-0.1, -0.05) is 39.0 Å². The maximum atomic E-state index is 13.2. The number of carbonyl (C=O) groups is 2. The Kier molecular flexibility index (Phi) is 5.89. The van der Waals surface area contributed by atoms with Crippen LogP contribution in [0.5, 0.6) is 0 Å². The van der Waals surface area contributed by atoms with E-state index in [0.717, 1.165) is 12.0 Å². The van der Waals surface area contributed by atoms with Gasteiger partial charge in [0, 0.05) is 16.5 Å². The molecule has 1 saturated heterocycles. The van der Waals surface area contributed by atoms with Crippen LogP contribution in [0.25, 0.3) is 0 Å². The molecule has 1 N–H and O–H groups in total. The summed E-state index contributed by atoms with van der Waals surface area (Å²) in [6, 6.07) is 0. The first-order valence-electron chi connectivity index (χ1n) is 12.8. The second kappa shape index (κ2) is 9.25. The van der Waals surface area contributed by atoms with Gasteiger partial charge in [0.2, 0.25) is 0 Å². The highest BCUT2D eigenvalue weighted by atomic mass is 16.6. The number of ether oxygens (including phenoxy) is 2. The minimum atomic E-state index is -2.44. The van der Waals surface area contributed by atoms with Crippen LogP contribution in [0.2, 0.25) is 0 Å². The van der Waals surface area contributed by atoms with E-state index < -0.39 is 30.4 Å². The monoisotopic (exact) mass is 421 g/mol. The highest BCUT2D eigenvalue weighted by Gasteiger charge is 2.43. The molecule has 0 aromatic rings. The third-order valence-electron chi connectivity index (χ3n) is 7.07. The zero-order valence-corrected chi connectivity index (χ0v) is 18.6. The van der Waals surface area contributed by atoms with Crippen LogP contribution in [0.3, 0.4) is 0 Å². The number of aliphatic hydroxyl groups is 1. The molecule has 8 unspecified atom stereocenters. The van der Waals surface area contributed by atoms with E-state index in [4.69, 9.17) is 13.6 Å². The van der Waals surface area contributed by atoms with E-state index in [-0.39, 0.29) is 48.6 Å². The minimum Gasteiger partial charge on any atom is -0.462 e. The van der Waals surface area contributed by atoms with Crippen molar-refractivity contribution >= 4 is 11.9 Å². The number of aliphatic hydroxyl groups excluding tert-OH is 1. The maximum Gasteiger partial charge on any atom is 0.311 e. The Balaban J connectivity index is 1.80. The standard InChI is InChI=1S/C25H38O5/c1-6-25(4,5)24(28)30-21-12-15(2)11-17-8-7-16(3)20(23(17)21)10-9-19-13-18(26)14-22(27)29-19/h7-8,11,15-16,18-21,23,26H,6,9-10,12-14H2,1-5H3/i4D3. The largest absolute Gasteiger partial charge is 0.462 e. The minimum absolute atomic E-state index is 0.0351. The molecule has 2 aliphatic carbocycles. The fourth-order valence-corrected chi connectivity index (χ4v) is 5.05. The van der Waals surface area contributed by atoms with Crippen molar-refractivity contribution in [3.05, 3.63) is 23.8 Å². The highest BCUT2D eigenvalue weighted by Crippen LogP contribution is 2.45. The zero-order valence-electron chi connectivity index (χ0n) is 21.6. The van der Waals surface area contributed by atoms with Crippen LogP contribution in [0.15, 0.2) is 23.8 Å². The van der Waals surface area contributed by atoms with E-state index in [9.17, 15) is 14.7 Å². The number of cyclic esters (lactones) is 1. The van der Waals surface area contributed by atoms with Gasteiger partial charge in [0.05, 0.1) is 17.9 Å². The maximum absolute atomic E-state index is 13.2. The summed E-state index contributed by atoms with van der Waals surface area (Å²) in [6.07, 6.45) is 7.82. The van der Waals surface area contributed by atoms with Crippen molar-refractivity contribution in [1.29, 1.82) is 0 Å². The lowest BCUT2D eigenvalue weighted by molar-refractivity contribution is -0.166. The first-order valence-corrected chi connectivity index (χ1v) is 11.3. The number of allylic oxidation sites excluding steroid dienone is 3. The summed E-state index contributed by atoms with van der Waals surface area (Å²) < 4.78 is 35.1. The molecular weight excluding hydrogens is 380 g/mol. The van der Waals surface area contributed by atoms with Crippen molar-refractivity contribution in [3.8, 4) is 0 Å². The van der Waals surface area contributed by atoms with E-state index >= 15 is 0 Å². The lowest BCUT2D eigenvalue weighted by Crippen LogP contribution is -2.43. The van der Waals surface area contributed by atoms with Gasteiger partial charge in [0.25, 0.3) is 0 Å². The number of hydrogen-bond acceptors (Lipinski definition) is 5. The van der Waals surface area contributed by atoms with Crippen LogP contribution in [-0.4, -0.2) is 35.4 Å². The Labute approximate surface area is 185 Å². The molecular formula is C25H38O5. The first-order chi connectivity index (χ1) is 15.4. The van der Waals surface area contributed by atoms with Gasteiger partial charge in [-0.25, -0.2) is 0 Å². The van der Waals surface area contributed by atoms with Gasteiger partial charge in [-0.3, -0.25) is 9.59 Å². The van der Waals surface area contributed by atoms with Crippen molar-refractivity contribution in [2.75, 3.05) is 0 Å². The molecule has 0 amide bonds. The van der Waals surface area contributed by atoms with E-state index in [1.54, 1.807) is 6.92 Å². The zero-order chi connectivity index (χ0) is 24.6. The molecule has 168 valence electrons. The summed E-state index contributed by atoms with van der Waals surface area (Å²) >= 11 is 0. The number of hydrogen-bond donors (Lipinski definition) is 1. The molecule has 0 aromatic carbocycles. The average Bonchev–Trinajstić information content (AvgIpc) is 2.70. The van der Waals surface area contributed by atoms with Gasteiger partial charge in [-0.15, -0.1) is 0 Å². The van der Waals surface area contributed by atoms with Crippen molar-refractivity contribution < 1.29 is 28.3 Å². The second-order valence-electron chi connectivity index (χ2n) is 9.70. The lowest BCUT2D eigenvalue weighted by atomic mass is 9.65. The molecule has 3 aliphatic rings. The molecule has 3 rings (SSSR count). The number of esters is 2. The molecule has 0 spiro atoms. The smallest absolute Gasteiger partial charge is 0.311 e. The van der Waals surface area contributed by atoms with Gasteiger partial charge in [0.15, 0.2) is 0 Å². The second-order valence-corrected chi connectivity index (χ2v) is 9.70. The Hall–Kier alpha value is -1.62. The summed E-state index contributed by atoms with van der Waals surface area (Å²) in [7, 11) is 0. The molecule has 0 saturated carbocycles. The van der Waals surface area contributed by atoms with Crippen LogP contribution in [0.4, 0.5) is 0 Å². The highest BCUT2D eigenvalue weighted by molar-refractivity contribution is 5.76. The predicted octanol–water partition coefficient (Wildman–Crippen LogP) is 4.59. The van der Waals surface area contributed by atoms with Crippen molar-refractivity contribution in [3.63, 3.8) is 0 Å². The van der Waals surface area contributed by atoms with E-state index in [1.165, 1.54) is 6.92 Å². The predicted molar refractivity (Wildman–Crippen MR) is 115 cm³/mol. The molecule has 30 heavy (non-hydrogen) atoms. The molecule has 0 bridgehead atoms. The average molecular weight is 422 g/mol. The summed E-state index contributed by atoms with van der Waals surface area (Å²) in [5.41, 5.74) is -0.419. The molecule has 1 fully saturated rings. The molecule has 1 aliphatic heterocycles. The lowest BCUT2D eigenvalue weighted by Gasteiger charge is -2.44. The van der Waals surface area contributed by atoms with Crippen LogP contribution < -0.4 is 0 Å². The van der Waals surface area contributed by atoms with Crippen molar-refractivity contribution in [1.82, 2.24) is 0 Å². The van der Waals surface area contributed by atoms with Crippen LogP contribution in [-0.2, 0) is 19.1 Å². The Morgan fingerprint density at radius 2 is 2.13 bits per heavy atom. The van der Waals surface area contributed by atoms with Crippen LogP contribution >= 0.6 is 0 Å². The van der Waals surface area contributed by atoms with Gasteiger partial charge in [-0.05, 0) is 62.8 Å². The summed E-state index contributed by atoms with van der Waals surface area (Å²) in [5.74, 6) is -0.461. The summed E-state index contributed by atoms with van der Waals surface area (Å²) in [5, 5.41) is 9.94. The van der Waals surface area contributed by atoms with Crippen molar-refractivity contribution in [2.45, 2.75) is 91.4 Å². The number of rotatable bonds is 6. The van der Waals surface area contributed by atoms with Gasteiger partial charge >= 0.3 is 11.9 Å². The van der Waals surface area contributed by atoms with Crippen molar-refractivity contribution in [2.24, 2.45) is 29.1 Å². The first kappa shape index (κ1) is 19.1. The normalized spacial score (nSPS) is 40.0. The molecule has 0 aromatic heterocycles. The third kappa shape index (κ3) is 5.16. The Morgan fingerprint density at radius 1 is 1.37 bits per heavy atom. The van der Waals surface area contributed by atoms with Gasteiger partial charge in [0.1, 0.15) is 12.2 Å².